The molecule has 0 atom stereocenters. The maximum absolute atomic E-state index is 12.0. The van der Waals surface area contributed by atoms with Gasteiger partial charge in [-0.3, -0.25) is 4.79 Å². The lowest BCUT2D eigenvalue weighted by Crippen LogP contribution is -2.11. The number of amides is 1. The van der Waals surface area contributed by atoms with Crippen LogP contribution in [0.5, 0.6) is 0 Å². The van der Waals surface area contributed by atoms with Gasteiger partial charge >= 0.3 is 5.97 Å². The van der Waals surface area contributed by atoms with Gasteiger partial charge in [0, 0.05) is 12.1 Å². The van der Waals surface area contributed by atoms with E-state index in [0.29, 0.717) is 17.9 Å². The van der Waals surface area contributed by atoms with Crippen molar-refractivity contribution >= 4 is 17.6 Å². The maximum Gasteiger partial charge on any atom is 0.338 e. The predicted molar refractivity (Wildman–Crippen MR) is 78.4 cm³/mol. The molecule has 0 unspecified atom stereocenters. The number of esters is 1. The number of hydrogen-bond donors (Lipinski definition) is 1. The van der Waals surface area contributed by atoms with E-state index in [-0.39, 0.29) is 17.6 Å². The molecule has 1 amide bonds. The van der Waals surface area contributed by atoms with E-state index < -0.39 is 0 Å². The van der Waals surface area contributed by atoms with Crippen LogP contribution in [-0.2, 0) is 11.2 Å². The van der Waals surface area contributed by atoms with Crippen LogP contribution < -0.4 is 5.32 Å². The molecule has 1 N–H and O–H groups in total. The largest absolute Gasteiger partial charge is 0.462 e. The first-order valence-corrected chi connectivity index (χ1v) is 6.81. The lowest BCUT2D eigenvalue weighted by atomic mass is 10.2. The molecule has 21 heavy (non-hydrogen) atoms. The van der Waals surface area contributed by atoms with E-state index in [1.165, 1.54) is 0 Å². The molecule has 0 aliphatic heterocycles. The number of furan rings is 1. The van der Waals surface area contributed by atoms with Gasteiger partial charge in [-0.15, -0.1) is 0 Å². The van der Waals surface area contributed by atoms with E-state index in [2.05, 4.69) is 5.32 Å². The van der Waals surface area contributed by atoms with Crippen molar-refractivity contribution in [1.82, 2.24) is 0 Å². The summed E-state index contributed by atoms with van der Waals surface area (Å²) >= 11 is 0. The smallest absolute Gasteiger partial charge is 0.338 e. The second-order valence-corrected chi connectivity index (χ2v) is 4.37. The standard InChI is InChI=1S/C16H17NO4/c1-3-13-9-10-14(21-13)15(18)17-12-7-5-11(6-8-12)16(19)20-4-2/h5-10H,3-4H2,1-2H3,(H,17,18). The highest BCUT2D eigenvalue weighted by Gasteiger charge is 2.11. The van der Waals surface area contributed by atoms with Crippen molar-refractivity contribution in [2.75, 3.05) is 11.9 Å². The first-order valence-electron chi connectivity index (χ1n) is 6.81. The Balaban J connectivity index is 2.02. The van der Waals surface area contributed by atoms with E-state index in [9.17, 15) is 9.59 Å². The summed E-state index contributed by atoms with van der Waals surface area (Å²) in [6.45, 7) is 4.03. The van der Waals surface area contributed by atoms with E-state index >= 15 is 0 Å². The molecular formula is C16H17NO4. The molecule has 1 aromatic carbocycles. The molecular weight excluding hydrogens is 270 g/mol. The number of anilines is 1. The van der Waals surface area contributed by atoms with Crippen LogP contribution in [0.4, 0.5) is 5.69 Å². The lowest BCUT2D eigenvalue weighted by molar-refractivity contribution is 0.0526. The van der Waals surface area contributed by atoms with Crippen LogP contribution in [0.15, 0.2) is 40.8 Å². The van der Waals surface area contributed by atoms with E-state index in [1.54, 1.807) is 43.3 Å². The average molecular weight is 287 g/mol. The van der Waals surface area contributed by atoms with Gasteiger partial charge in [-0.25, -0.2) is 4.79 Å². The van der Waals surface area contributed by atoms with E-state index in [4.69, 9.17) is 9.15 Å². The van der Waals surface area contributed by atoms with E-state index in [1.807, 2.05) is 6.92 Å². The number of nitrogens with one attached hydrogen (secondary N) is 1. The van der Waals surface area contributed by atoms with Crippen molar-refractivity contribution in [2.24, 2.45) is 0 Å². The molecule has 1 heterocycles. The second-order valence-electron chi connectivity index (χ2n) is 4.37. The van der Waals surface area contributed by atoms with Gasteiger partial charge in [-0.05, 0) is 43.3 Å². The summed E-state index contributed by atoms with van der Waals surface area (Å²) in [7, 11) is 0. The third-order valence-corrected chi connectivity index (χ3v) is 2.89. The normalized spacial score (nSPS) is 10.2. The Morgan fingerprint density at radius 3 is 2.38 bits per heavy atom. The molecule has 0 aliphatic rings. The van der Waals surface area contributed by atoms with Gasteiger partial charge in [0.2, 0.25) is 0 Å². The Hall–Kier alpha value is -2.56. The monoisotopic (exact) mass is 287 g/mol. The highest BCUT2D eigenvalue weighted by atomic mass is 16.5. The zero-order valence-corrected chi connectivity index (χ0v) is 12.0. The molecule has 0 saturated carbocycles. The third kappa shape index (κ3) is 3.72. The van der Waals surface area contributed by atoms with Crippen molar-refractivity contribution < 1.29 is 18.7 Å². The minimum atomic E-state index is -0.381. The topological polar surface area (TPSA) is 68.5 Å². The molecule has 0 bridgehead atoms. The zero-order valence-electron chi connectivity index (χ0n) is 12.0. The summed E-state index contributed by atoms with van der Waals surface area (Å²) in [5.41, 5.74) is 1.03. The highest BCUT2D eigenvalue weighted by Crippen LogP contribution is 2.14. The number of aryl methyl sites for hydroxylation is 1. The van der Waals surface area contributed by atoms with Crippen LogP contribution in [-0.4, -0.2) is 18.5 Å². The number of ether oxygens (including phenoxy) is 1. The van der Waals surface area contributed by atoms with Crippen LogP contribution in [0.2, 0.25) is 0 Å². The predicted octanol–water partition coefficient (Wildman–Crippen LogP) is 3.27. The minimum absolute atomic E-state index is 0.265. The van der Waals surface area contributed by atoms with Crippen LogP contribution >= 0.6 is 0 Å². The van der Waals surface area contributed by atoms with Gasteiger partial charge in [0.05, 0.1) is 12.2 Å². The molecule has 2 rings (SSSR count). The van der Waals surface area contributed by atoms with Gasteiger partial charge in [0.15, 0.2) is 5.76 Å². The highest BCUT2D eigenvalue weighted by molar-refractivity contribution is 6.02. The minimum Gasteiger partial charge on any atom is -0.462 e. The summed E-state index contributed by atoms with van der Waals surface area (Å²) in [6, 6.07) is 9.92. The second kappa shape index (κ2) is 6.74. The Kier molecular flexibility index (Phi) is 4.77. The molecule has 0 aliphatic carbocycles. The SMILES string of the molecule is CCOC(=O)c1ccc(NC(=O)c2ccc(CC)o2)cc1. The molecule has 110 valence electrons. The molecule has 2 aromatic rings. The molecule has 5 heteroatoms. The summed E-state index contributed by atoms with van der Waals surface area (Å²) < 4.78 is 10.3. The number of carbonyl (C=O) groups excluding carboxylic acids is 2. The molecule has 0 radical (unpaired) electrons. The summed E-state index contributed by atoms with van der Waals surface area (Å²) in [5, 5.41) is 2.71. The molecule has 0 saturated heterocycles. The first kappa shape index (κ1) is 14.8. The summed E-state index contributed by atoms with van der Waals surface area (Å²) in [4.78, 5) is 23.5. The first-order chi connectivity index (χ1) is 10.1. The molecule has 0 spiro atoms. The zero-order chi connectivity index (χ0) is 15.2. The van der Waals surface area contributed by atoms with Gasteiger partial charge in [0.1, 0.15) is 5.76 Å². The average Bonchev–Trinajstić information content (AvgIpc) is 2.97. The number of benzene rings is 1. The summed E-state index contributed by atoms with van der Waals surface area (Å²) in [5.74, 6) is 0.326. The summed E-state index contributed by atoms with van der Waals surface area (Å²) in [6.07, 6.45) is 0.738. The van der Waals surface area contributed by atoms with Crippen molar-refractivity contribution in [3.8, 4) is 0 Å². The Morgan fingerprint density at radius 1 is 1.10 bits per heavy atom. The molecule has 0 fully saturated rings. The fraction of sp³-hybridized carbons (Fsp3) is 0.250. The quantitative estimate of drug-likeness (QED) is 0.857. The van der Waals surface area contributed by atoms with E-state index in [0.717, 1.165) is 12.2 Å². The molecule has 1 aromatic heterocycles. The Bertz CT molecular complexity index is 628. The number of hydrogen-bond acceptors (Lipinski definition) is 4. The third-order valence-electron chi connectivity index (χ3n) is 2.89. The number of carbonyl (C=O) groups is 2. The van der Waals surface area contributed by atoms with Gasteiger partial charge < -0.3 is 14.5 Å². The van der Waals surface area contributed by atoms with Crippen LogP contribution in [0.25, 0.3) is 0 Å². The lowest BCUT2D eigenvalue weighted by Gasteiger charge is -2.05. The van der Waals surface area contributed by atoms with Gasteiger partial charge in [0.25, 0.3) is 5.91 Å². The number of rotatable bonds is 5. The fourth-order valence-electron chi connectivity index (χ4n) is 1.79. The molecule has 5 nitrogen and oxygen atoms in total. The maximum atomic E-state index is 12.0. The van der Waals surface area contributed by atoms with Crippen molar-refractivity contribution in [3.05, 3.63) is 53.5 Å². The van der Waals surface area contributed by atoms with Crippen LogP contribution in [0.3, 0.4) is 0 Å². The Labute approximate surface area is 122 Å². The van der Waals surface area contributed by atoms with Gasteiger partial charge in [-0.1, -0.05) is 6.92 Å². The fourth-order valence-corrected chi connectivity index (χ4v) is 1.79. The van der Waals surface area contributed by atoms with Gasteiger partial charge in [-0.2, -0.15) is 0 Å². The van der Waals surface area contributed by atoms with Crippen molar-refractivity contribution in [2.45, 2.75) is 20.3 Å². The van der Waals surface area contributed by atoms with Crippen LogP contribution in [0, 0.1) is 0 Å². The van der Waals surface area contributed by atoms with Crippen molar-refractivity contribution in [3.63, 3.8) is 0 Å². The van der Waals surface area contributed by atoms with Crippen LogP contribution in [0.1, 0.15) is 40.5 Å². The van der Waals surface area contributed by atoms with Crippen molar-refractivity contribution in [1.29, 1.82) is 0 Å². The Morgan fingerprint density at radius 2 is 1.81 bits per heavy atom.